The summed E-state index contributed by atoms with van der Waals surface area (Å²) in [7, 11) is 0. The van der Waals surface area contributed by atoms with Crippen molar-refractivity contribution in [2.75, 3.05) is 13.1 Å². The van der Waals surface area contributed by atoms with Gasteiger partial charge in [0.2, 0.25) is 0 Å². The molecule has 1 aliphatic rings. The average Bonchev–Trinajstić information content (AvgIpc) is 2.75. The number of carboxylic acids is 1. The number of rotatable bonds is 3. The highest BCUT2D eigenvalue weighted by atomic mass is 35.5. The second-order valence-electron chi connectivity index (χ2n) is 4.88. The van der Waals surface area contributed by atoms with Gasteiger partial charge in [-0.1, -0.05) is 23.7 Å². The number of aliphatic carboxylic acids is 1. The van der Waals surface area contributed by atoms with E-state index in [2.05, 4.69) is 21.6 Å². The number of fused-ring (bicyclic) bond motifs is 3. The summed E-state index contributed by atoms with van der Waals surface area (Å²) in [6.07, 6.45) is 0.195. The molecule has 2 heterocycles. The first-order valence-corrected chi connectivity index (χ1v) is 6.74. The third-order valence-electron chi connectivity index (χ3n) is 3.62. The summed E-state index contributed by atoms with van der Waals surface area (Å²) in [4.78, 5) is 12.8. The molecule has 0 aliphatic carbocycles. The van der Waals surface area contributed by atoms with Crippen LogP contribution in [-0.4, -0.2) is 33.6 Å². The van der Waals surface area contributed by atoms with E-state index in [1.807, 2.05) is 12.1 Å². The highest BCUT2D eigenvalue weighted by molar-refractivity contribution is 6.35. The Kier molecular flexibility index (Phi) is 3.21. The minimum Gasteiger partial charge on any atom is -0.481 e. The maximum atomic E-state index is 10.6. The summed E-state index contributed by atoms with van der Waals surface area (Å²) >= 11 is 6.26. The van der Waals surface area contributed by atoms with Gasteiger partial charge in [-0.25, -0.2) is 0 Å². The molecule has 3 rings (SSSR count). The molecule has 0 radical (unpaired) electrons. The van der Waals surface area contributed by atoms with Crippen LogP contribution in [0, 0.1) is 0 Å². The topological polar surface area (TPSA) is 45.5 Å². The van der Waals surface area contributed by atoms with Gasteiger partial charge in [0.1, 0.15) is 0 Å². The molecule has 19 heavy (non-hydrogen) atoms. The zero-order chi connectivity index (χ0) is 13.4. The molecule has 0 bridgehead atoms. The first-order valence-electron chi connectivity index (χ1n) is 6.36. The van der Waals surface area contributed by atoms with E-state index in [9.17, 15) is 4.79 Å². The van der Waals surface area contributed by atoms with Crippen LogP contribution in [0.5, 0.6) is 0 Å². The van der Waals surface area contributed by atoms with Crippen molar-refractivity contribution in [3.8, 4) is 0 Å². The Morgan fingerprint density at radius 2 is 2.21 bits per heavy atom. The standard InChI is InChI=1S/C14H15ClN2O2/c15-12-3-1-2-10-8-11-9-16(5-4-13(18)19)6-7-17(11)14(10)12/h1-3,8H,4-7,9H2,(H,18,19). The highest BCUT2D eigenvalue weighted by Gasteiger charge is 2.19. The van der Waals surface area contributed by atoms with Crippen molar-refractivity contribution >= 4 is 28.5 Å². The number of aromatic nitrogens is 1. The van der Waals surface area contributed by atoms with Gasteiger partial charge in [0, 0.05) is 37.3 Å². The van der Waals surface area contributed by atoms with Crippen molar-refractivity contribution < 1.29 is 9.90 Å². The number of para-hydroxylation sites is 1. The van der Waals surface area contributed by atoms with E-state index in [1.165, 1.54) is 5.69 Å². The maximum Gasteiger partial charge on any atom is 0.304 e. The van der Waals surface area contributed by atoms with Gasteiger partial charge >= 0.3 is 5.97 Å². The highest BCUT2D eigenvalue weighted by Crippen LogP contribution is 2.29. The van der Waals surface area contributed by atoms with Crippen LogP contribution >= 0.6 is 11.6 Å². The van der Waals surface area contributed by atoms with Crippen LogP contribution in [0.2, 0.25) is 5.02 Å². The maximum absolute atomic E-state index is 10.6. The number of halogens is 1. The van der Waals surface area contributed by atoms with Gasteiger partial charge in [0.15, 0.2) is 0 Å². The van der Waals surface area contributed by atoms with Crippen LogP contribution in [0.25, 0.3) is 10.9 Å². The SMILES string of the molecule is O=C(O)CCN1CCn2c(cc3cccc(Cl)c32)C1. The molecule has 0 fully saturated rings. The normalized spacial score (nSPS) is 15.6. The zero-order valence-corrected chi connectivity index (χ0v) is 11.2. The molecule has 1 N–H and O–H groups in total. The average molecular weight is 279 g/mol. The van der Waals surface area contributed by atoms with Crippen molar-refractivity contribution in [1.29, 1.82) is 0 Å². The zero-order valence-electron chi connectivity index (χ0n) is 10.5. The lowest BCUT2D eigenvalue weighted by Crippen LogP contribution is -2.34. The minimum absolute atomic E-state index is 0.195. The minimum atomic E-state index is -0.742. The first kappa shape index (κ1) is 12.5. The summed E-state index contributed by atoms with van der Waals surface area (Å²) in [6, 6.07) is 8.08. The number of hydrogen-bond donors (Lipinski definition) is 1. The molecule has 1 aromatic heterocycles. The van der Waals surface area contributed by atoms with E-state index in [0.717, 1.165) is 35.6 Å². The van der Waals surface area contributed by atoms with E-state index in [-0.39, 0.29) is 6.42 Å². The van der Waals surface area contributed by atoms with Crippen molar-refractivity contribution in [3.05, 3.63) is 35.0 Å². The smallest absolute Gasteiger partial charge is 0.304 e. The van der Waals surface area contributed by atoms with Crippen LogP contribution in [-0.2, 0) is 17.9 Å². The number of nitrogens with zero attached hydrogens (tertiary/aromatic N) is 2. The predicted molar refractivity (Wildman–Crippen MR) is 74.5 cm³/mol. The molecular weight excluding hydrogens is 264 g/mol. The number of carboxylic acid groups (broad SMARTS) is 1. The number of benzene rings is 1. The van der Waals surface area contributed by atoms with Gasteiger partial charge in [-0.15, -0.1) is 0 Å². The van der Waals surface area contributed by atoms with Crippen LogP contribution in [0.3, 0.4) is 0 Å². The molecule has 2 aromatic rings. The Morgan fingerprint density at radius 1 is 1.37 bits per heavy atom. The summed E-state index contributed by atoms with van der Waals surface area (Å²) < 4.78 is 2.24. The fourth-order valence-electron chi connectivity index (χ4n) is 2.71. The molecular formula is C14H15ClN2O2. The molecule has 0 unspecified atom stereocenters. The molecule has 1 aliphatic heterocycles. The molecule has 0 saturated heterocycles. The number of hydrogen-bond acceptors (Lipinski definition) is 2. The lowest BCUT2D eigenvalue weighted by molar-refractivity contribution is -0.137. The monoisotopic (exact) mass is 278 g/mol. The van der Waals surface area contributed by atoms with Crippen molar-refractivity contribution in [1.82, 2.24) is 9.47 Å². The molecule has 5 heteroatoms. The summed E-state index contributed by atoms with van der Waals surface area (Å²) in [5.41, 5.74) is 2.30. The predicted octanol–water partition coefficient (Wildman–Crippen LogP) is 2.59. The van der Waals surface area contributed by atoms with Gasteiger partial charge in [0.05, 0.1) is 17.0 Å². The molecule has 0 atom stereocenters. The summed E-state index contributed by atoms with van der Waals surface area (Å²) in [6.45, 7) is 3.13. The molecule has 0 spiro atoms. The Labute approximate surface area is 116 Å². The second kappa shape index (κ2) is 4.87. The Bertz CT molecular complexity index is 636. The fourth-order valence-corrected chi connectivity index (χ4v) is 3.00. The largest absolute Gasteiger partial charge is 0.481 e. The Hall–Kier alpha value is -1.52. The second-order valence-corrected chi connectivity index (χ2v) is 5.29. The Morgan fingerprint density at radius 3 is 3.00 bits per heavy atom. The Balaban J connectivity index is 1.88. The van der Waals surface area contributed by atoms with Crippen molar-refractivity contribution in [2.24, 2.45) is 0 Å². The van der Waals surface area contributed by atoms with Crippen LogP contribution in [0.4, 0.5) is 0 Å². The third kappa shape index (κ3) is 2.33. The molecule has 1 aromatic carbocycles. The molecule has 100 valence electrons. The first-order chi connectivity index (χ1) is 9.15. The summed E-state index contributed by atoms with van der Waals surface area (Å²) in [5, 5.41) is 10.7. The van der Waals surface area contributed by atoms with Gasteiger partial charge in [-0.05, 0) is 12.1 Å². The van der Waals surface area contributed by atoms with Gasteiger partial charge in [-0.2, -0.15) is 0 Å². The van der Waals surface area contributed by atoms with Crippen LogP contribution in [0.15, 0.2) is 24.3 Å². The third-order valence-corrected chi connectivity index (χ3v) is 3.93. The molecule has 0 amide bonds. The van der Waals surface area contributed by atoms with Crippen LogP contribution < -0.4 is 0 Å². The molecule has 4 nitrogen and oxygen atoms in total. The number of carbonyl (C=O) groups is 1. The summed E-state index contributed by atoms with van der Waals surface area (Å²) in [5.74, 6) is -0.742. The van der Waals surface area contributed by atoms with Gasteiger partial charge in [0.25, 0.3) is 0 Å². The van der Waals surface area contributed by atoms with Crippen molar-refractivity contribution in [3.63, 3.8) is 0 Å². The quantitative estimate of drug-likeness (QED) is 0.939. The lowest BCUT2D eigenvalue weighted by Gasteiger charge is -2.28. The van der Waals surface area contributed by atoms with E-state index >= 15 is 0 Å². The van der Waals surface area contributed by atoms with Gasteiger partial charge in [-0.3, -0.25) is 9.69 Å². The van der Waals surface area contributed by atoms with E-state index in [4.69, 9.17) is 16.7 Å². The van der Waals surface area contributed by atoms with E-state index in [0.29, 0.717) is 6.54 Å². The van der Waals surface area contributed by atoms with E-state index < -0.39 is 5.97 Å². The van der Waals surface area contributed by atoms with E-state index in [1.54, 1.807) is 0 Å². The van der Waals surface area contributed by atoms with Gasteiger partial charge < -0.3 is 9.67 Å². The fraction of sp³-hybridized carbons (Fsp3) is 0.357. The lowest BCUT2D eigenvalue weighted by atomic mass is 10.2. The molecule has 0 saturated carbocycles. The van der Waals surface area contributed by atoms with Crippen LogP contribution in [0.1, 0.15) is 12.1 Å². The van der Waals surface area contributed by atoms with Crippen molar-refractivity contribution in [2.45, 2.75) is 19.5 Å².